The number of alkyl halides is 3. The minimum Gasteiger partial charge on any atom is -0.404 e. The molecule has 0 saturated heterocycles. The van der Waals surface area contributed by atoms with E-state index in [0.717, 1.165) is 31.7 Å². The monoisotopic (exact) mass is 497 g/mol. The smallest absolute Gasteiger partial charge is 0.404 e. The lowest BCUT2D eigenvalue weighted by molar-refractivity contribution is -0.274. The lowest BCUT2D eigenvalue weighted by Gasteiger charge is -2.16. The molecule has 0 spiro atoms. The number of fused-ring (bicyclic) bond motifs is 1. The zero-order valence-electron chi connectivity index (χ0n) is 18.9. The third-order valence-electron chi connectivity index (χ3n) is 5.96. The summed E-state index contributed by atoms with van der Waals surface area (Å²) < 4.78 is 45.7. The quantitative estimate of drug-likeness (QED) is 0.304. The van der Waals surface area contributed by atoms with Crippen LogP contribution in [0.15, 0.2) is 55.0 Å². The summed E-state index contributed by atoms with van der Waals surface area (Å²) in [6, 6.07) is 10.5. The Labute approximate surface area is 203 Å². The summed E-state index contributed by atoms with van der Waals surface area (Å²) in [4.78, 5) is 25.7. The summed E-state index contributed by atoms with van der Waals surface area (Å²) in [6.07, 6.45) is 2.50. The summed E-state index contributed by atoms with van der Waals surface area (Å²) >= 11 is 0. The predicted molar refractivity (Wildman–Crippen MR) is 128 cm³/mol. The van der Waals surface area contributed by atoms with Crippen LogP contribution in [0.3, 0.4) is 0 Å². The maximum absolute atomic E-state index is 13.2. The molecular formula is C24H22F3N7O2. The first-order chi connectivity index (χ1) is 17.3. The van der Waals surface area contributed by atoms with E-state index < -0.39 is 18.0 Å². The van der Waals surface area contributed by atoms with Gasteiger partial charge in [-0.2, -0.15) is 4.98 Å². The fraction of sp³-hybridized carbons (Fsp3) is 0.250. The minimum atomic E-state index is -4.98. The molecule has 1 fully saturated rings. The number of hydrogen-bond donors (Lipinski definition) is 3. The van der Waals surface area contributed by atoms with Crippen LogP contribution in [0.4, 0.5) is 36.2 Å². The molecule has 186 valence electrons. The number of para-hydroxylation sites is 2. The second-order valence-electron chi connectivity index (χ2n) is 8.42. The summed E-state index contributed by atoms with van der Waals surface area (Å²) in [5.74, 6) is -1.18. The van der Waals surface area contributed by atoms with Crippen LogP contribution >= 0.6 is 0 Å². The maximum atomic E-state index is 13.2. The molecule has 2 heterocycles. The number of carbonyl (C=O) groups excluding carboxylic acids is 1. The van der Waals surface area contributed by atoms with Crippen LogP contribution in [0.5, 0.6) is 5.75 Å². The first-order valence-corrected chi connectivity index (χ1v) is 11.3. The van der Waals surface area contributed by atoms with Crippen LogP contribution in [-0.2, 0) is 0 Å². The summed E-state index contributed by atoms with van der Waals surface area (Å²) in [5, 5.41) is 5.36. The van der Waals surface area contributed by atoms with Gasteiger partial charge in [0.25, 0.3) is 5.91 Å². The predicted octanol–water partition coefficient (Wildman–Crippen LogP) is 5.42. The maximum Gasteiger partial charge on any atom is 0.573 e. The van der Waals surface area contributed by atoms with E-state index in [0.29, 0.717) is 22.5 Å². The molecule has 1 amide bonds. The number of nitrogens with one attached hydrogen (secondary N) is 2. The van der Waals surface area contributed by atoms with Crippen molar-refractivity contribution >= 4 is 40.1 Å². The summed E-state index contributed by atoms with van der Waals surface area (Å²) in [6.45, 7) is 0. The van der Waals surface area contributed by atoms with Gasteiger partial charge in [-0.25, -0.2) is 9.97 Å². The number of nitrogens with two attached hydrogens (primary N) is 1. The molecule has 5 rings (SSSR count). The van der Waals surface area contributed by atoms with Gasteiger partial charge in [-0.1, -0.05) is 25.0 Å². The highest BCUT2D eigenvalue weighted by Crippen LogP contribution is 2.34. The molecule has 0 bridgehead atoms. The van der Waals surface area contributed by atoms with Crippen molar-refractivity contribution in [3.63, 3.8) is 0 Å². The van der Waals surface area contributed by atoms with Crippen molar-refractivity contribution < 1.29 is 22.7 Å². The van der Waals surface area contributed by atoms with Crippen LogP contribution in [0.2, 0.25) is 0 Å². The number of imidazole rings is 1. The number of hydrogen-bond acceptors (Lipinski definition) is 7. The van der Waals surface area contributed by atoms with E-state index in [4.69, 9.17) is 5.73 Å². The molecule has 0 radical (unpaired) electrons. The number of anilines is 4. The van der Waals surface area contributed by atoms with Gasteiger partial charge in [0.15, 0.2) is 11.4 Å². The fourth-order valence-electron chi connectivity index (χ4n) is 4.24. The number of carbonyl (C=O) groups is 1. The molecule has 36 heavy (non-hydrogen) atoms. The summed E-state index contributed by atoms with van der Waals surface area (Å²) in [5.41, 5.74) is 7.55. The van der Waals surface area contributed by atoms with Crippen molar-refractivity contribution in [2.45, 2.75) is 38.1 Å². The molecule has 4 aromatic rings. The van der Waals surface area contributed by atoms with E-state index in [1.165, 1.54) is 18.3 Å². The number of rotatable bonds is 6. The normalized spacial score (nSPS) is 14.2. The standard InChI is InChI=1S/C24H22F3N7O2/c25-24(26,27)36-20-11-14(22(35)31-17-8-4-3-7-16(17)28)9-10-18(20)32-23-29-12-19-21(33-23)34(13-30-19)15-5-1-2-6-15/h3-4,7-13,15H,1-2,5-6,28H2,(H,31,35)(H,29,32,33). The number of ether oxygens (including phenoxy) is 1. The lowest BCUT2D eigenvalue weighted by atomic mass is 10.1. The Bertz CT molecular complexity index is 1410. The van der Waals surface area contributed by atoms with E-state index >= 15 is 0 Å². The third kappa shape index (κ3) is 5.02. The second kappa shape index (κ2) is 9.36. The van der Waals surface area contributed by atoms with Crippen molar-refractivity contribution in [1.29, 1.82) is 0 Å². The average molecular weight is 497 g/mol. The largest absolute Gasteiger partial charge is 0.573 e. The molecular weight excluding hydrogens is 475 g/mol. The van der Waals surface area contributed by atoms with Crippen LogP contribution in [0.25, 0.3) is 11.2 Å². The lowest BCUT2D eigenvalue weighted by Crippen LogP contribution is -2.19. The number of benzene rings is 2. The molecule has 9 nitrogen and oxygen atoms in total. The number of halogens is 3. The Balaban J connectivity index is 1.44. The van der Waals surface area contributed by atoms with Crippen LogP contribution in [0.1, 0.15) is 42.1 Å². The molecule has 2 aromatic carbocycles. The number of nitrogens with zero attached hydrogens (tertiary/aromatic N) is 4. The van der Waals surface area contributed by atoms with Crippen molar-refractivity contribution in [3.05, 3.63) is 60.6 Å². The van der Waals surface area contributed by atoms with Gasteiger partial charge in [0, 0.05) is 11.6 Å². The topological polar surface area (TPSA) is 120 Å². The van der Waals surface area contributed by atoms with Gasteiger partial charge >= 0.3 is 6.36 Å². The highest BCUT2D eigenvalue weighted by Gasteiger charge is 2.33. The first-order valence-electron chi connectivity index (χ1n) is 11.3. The zero-order chi connectivity index (χ0) is 25.3. The van der Waals surface area contributed by atoms with Gasteiger partial charge < -0.3 is 25.7 Å². The van der Waals surface area contributed by atoms with Crippen LogP contribution in [0, 0.1) is 0 Å². The Kier molecular flexibility index (Phi) is 6.08. The van der Waals surface area contributed by atoms with E-state index in [1.54, 1.807) is 30.6 Å². The van der Waals surface area contributed by atoms with E-state index in [9.17, 15) is 18.0 Å². The molecule has 0 unspecified atom stereocenters. The second-order valence-corrected chi connectivity index (χ2v) is 8.42. The highest BCUT2D eigenvalue weighted by molar-refractivity contribution is 6.06. The van der Waals surface area contributed by atoms with E-state index in [1.807, 2.05) is 4.57 Å². The minimum absolute atomic E-state index is 0.0567. The summed E-state index contributed by atoms with van der Waals surface area (Å²) in [7, 11) is 0. The molecule has 1 aliphatic carbocycles. The first kappa shape index (κ1) is 23.4. The molecule has 0 aliphatic heterocycles. The van der Waals surface area contributed by atoms with Crippen molar-refractivity contribution in [2.24, 2.45) is 0 Å². The number of aromatic nitrogens is 4. The molecule has 12 heteroatoms. The van der Waals surface area contributed by atoms with Crippen LogP contribution in [-0.4, -0.2) is 31.8 Å². The van der Waals surface area contributed by atoms with Gasteiger partial charge in [-0.05, 0) is 43.2 Å². The van der Waals surface area contributed by atoms with Gasteiger partial charge in [0.05, 0.1) is 29.6 Å². The average Bonchev–Trinajstić information content (AvgIpc) is 3.50. The van der Waals surface area contributed by atoms with Crippen LogP contribution < -0.4 is 21.1 Å². The molecule has 4 N–H and O–H groups in total. The Morgan fingerprint density at radius 1 is 1.08 bits per heavy atom. The zero-order valence-corrected chi connectivity index (χ0v) is 18.9. The SMILES string of the molecule is Nc1ccccc1NC(=O)c1ccc(Nc2ncc3ncn(C4CCCC4)c3n2)c(OC(F)(F)F)c1. The van der Waals surface area contributed by atoms with Crippen molar-refractivity contribution in [1.82, 2.24) is 19.5 Å². The molecule has 0 atom stereocenters. The van der Waals surface area contributed by atoms with Crippen molar-refractivity contribution in [3.8, 4) is 5.75 Å². The number of nitrogen functional groups attached to an aromatic ring is 1. The molecule has 1 saturated carbocycles. The van der Waals surface area contributed by atoms with E-state index in [-0.39, 0.29) is 23.2 Å². The van der Waals surface area contributed by atoms with E-state index in [2.05, 4.69) is 30.3 Å². The van der Waals surface area contributed by atoms with Gasteiger partial charge in [0.1, 0.15) is 5.52 Å². The fourth-order valence-corrected chi connectivity index (χ4v) is 4.24. The molecule has 1 aliphatic rings. The third-order valence-corrected chi connectivity index (χ3v) is 5.96. The van der Waals surface area contributed by atoms with Gasteiger partial charge in [-0.3, -0.25) is 4.79 Å². The molecule has 2 aromatic heterocycles. The Hall–Kier alpha value is -4.35. The van der Waals surface area contributed by atoms with Crippen molar-refractivity contribution in [2.75, 3.05) is 16.4 Å². The highest BCUT2D eigenvalue weighted by atomic mass is 19.4. The van der Waals surface area contributed by atoms with Gasteiger partial charge in [0.2, 0.25) is 5.95 Å². The Morgan fingerprint density at radius 2 is 1.86 bits per heavy atom. The van der Waals surface area contributed by atoms with Gasteiger partial charge in [-0.15, -0.1) is 13.2 Å². The number of amides is 1. The Morgan fingerprint density at radius 3 is 2.61 bits per heavy atom.